The third kappa shape index (κ3) is 3.23. The maximum atomic E-state index is 12.4. The number of aromatic amines is 1. The molecule has 2 heterocycles. The minimum absolute atomic E-state index is 0.0928. The van der Waals surface area contributed by atoms with E-state index in [1.54, 1.807) is 6.92 Å². The number of thioether (sulfide) groups is 1. The molecule has 0 bridgehead atoms. The van der Waals surface area contributed by atoms with Crippen LogP contribution in [0.4, 0.5) is 0 Å². The van der Waals surface area contributed by atoms with E-state index in [0.717, 1.165) is 11.1 Å². The Balaban J connectivity index is 2.15. The van der Waals surface area contributed by atoms with Crippen molar-refractivity contribution in [3.63, 3.8) is 0 Å². The van der Waals surface area contributed by atoms with E-state index >= 15 is 0 Å². The number of nitrogens with one attached hydrogen (secondary N) is 2. The van der Waals surface area contributed by atoms with Crippen molar-refractivity contribution in [2.45, 2.75) is 19.5 Å². The summed E-state index contributed by atoms with van der Waals surface area (Å²) in [5.41, 5.74) is -0.259. The summed E-state index contributed by atoms with van der Waals surface area (Å²) in [5.74, 6) is 0.260. The number of rotatable bonds is 2. The van der Waals surface area contributed by atoms with Crippen LogP contribution in [0.15, 0.2) is 55.6 Å². The summed E-state index contributed by atoms with van der Waals surface area (Å²) >= 11 is 1.37. The minimum atomic E-state index is -0.427. The molecule has 128 valence electrons. The zero-order valence-corrected chi connectivity index (χ0v) is 14.6. The van der Waals surface area contributed by atoms with Gasteiger partial charge in [-0.05, 0) is 19.6 Å². The van der Waals surface area contributed by atoms with E-state index in [1.807, 2.05) is 30.6 Å². The lowest BCUT2D eigenvalue weighted by atomic mass is 9.97. The van der Waals surface area contributed by atoms with Gasteiger partial charge in [0, 0.05) is 17.5 Å². The maximum absolute atomic E-state index is 12.4. The van der Waals surface area contributed by atoms with Crippen molar-refractivity contribution in [2.24, 2.45) is 10.9 Å². The lowest BCUT2D eigenvalue weighted by molar-refractivity contribution is 0.455. The van der Waals surface area contributed by atoms with Gasteiger partial charge in [0.05, 0.1) is 5.03 Å². The summed E-state index contributed by atoms with van der Waals surface area (Å²) in [4.78, 5) is 28.9. The third-order valence-electron chi connectivity index (χ3n) is 4.07. The highest BCUT2D eigenvalue weighted by atomic mass is 32.2. The van der Waals surface area contributed by atoms with Crippen molar-refractivity contribution in [1.82, 2.24) is 15.1 Å². The molecule has 0 radical (unpaired) electrons. The molecule has 0 spiro atoms. The second-order valence-electron chi connectivity index (χ2n) is 5.72. The highest BCUT2D eigenvalue weighted by Gasteiger charge is 2.29. The number of H-pyrrole nitrogens is 1. The first kappa shape index (κ1) is 17.0. The molecule has 7 nitrogen and oxygen atoms in total. The third-order valence-corrected chi connectivity index (χ3v) is 4.80. The Morgan fingerprint density at radius 2 is 2.20 bits per heavy atom. The Kier molecular flexibility index (Phi) is 4.76. The summed E-state index contributed by atoms with van der Waals surface area (Å²) < 4.78 is 1.06. The van der Waals surface area contributed by atoms with Crippen LogP contribution in [-0.2, 0) is 0 Å². The second-order valence-corrected chi connectivity index (χ2v) is 6.53. The Bertz CT molecular complexity index is 974. The molecule has 3 rings (SSSR count). The zero-order chi connectivity index (χ0) is 18.0. The normalized spacial score (nSPS) is 22.4. The monoisotopic (exact) mass is 355 g/mol. The molecule has 1 aromatic rings. The quantitative estimate of drug-likeness (QED) is 0.831. The molecule has 8 heteroatoms. The first-order valence-corrected chi connectivity index (χ1v) is 8.97. The SMILES string of the molecule is CSC1=C(C#N)C(n2[nH]c(=O)c(C)cc2=O)=NC(C2C=CC=CC2)N1. The molecule has 1 aliphatic carbocycles. The molecule has 0 aromatic carbocycles. The van der Waals surface area contributed by atoms with Crippen molar-refractivity contribution < 1.29 is 0 Å². The van der Waals surface area contributed by atoms with Gasteiger partial charge in [0.25, 0.3) is 11.1 Å². The molecule has 2 unspecified atom stereocenters. The van der Waals surface area contributed by atoms with Crippen LogP contribution >= 0.6 is 11.8 Å². The fraction of sp³-hybridized carbons (Fsp3) is 0.294. The molecule has 0 fully saturated rings. The van der Waals surface area contributed by atoms with Crippen LogP contribution in [0, 0.1) is 24.2 Å². The Morgan fingerprint density at radius 3 is 2.84 bits per heavy atom. The van der Waals surface area contributed by atoms with E-state index in [0.29, 0.717) is 10.6 Å². The van der Waals surface area contributed by atoms with Gasteiger partial charge in [0.1, 0.15) is 17.8 Å². The van der Waals surface area contributed by atoms with Crippen LogP contribution in [0.2, 0.25) is 0 Å². The van der Waals surface area contributed by atoms with E-state index in [2.05, 4.69) is 21.5 Å². The van der Waals surface area contributed by atoms with Crippen molar-refractivity contribution in [1.29, 1.82) is 5.26 Å². The second kappa shape index (κ2) is 6.99. The minimum Gasteiger partial charge on any atom is -0.357 e. The van der Waals surface area contributed by atoms with Crippen molar-refractivity contribution in [3.05, 3.63) is 67.2 Å². The average Bonchev–Trinajstić information content (AvgIpc) is 2.64. The molecule has 1 aliphatic heterocycles. The molecule has 2 aliphatic rings. The van der Waals surface area contributed by atoms with Crippen LogP contribution in [0.1, 0.15) is 12.0 Å². The molecule has 0 saturated heterocycles. The molecular formula is C17H17N5O2S. The number of aromatic nitrogens is 2. The van der Waals surface area contributed by atoms with E-state index in [4.69, 9.17) is 0 Å². The fourth-order valence-corrected chi connectivity index (χ4v) is 3.30. The smallest absolute Gasteiger partial charge is 0.271 e. The van der Waals surface area contributed by atoms with Gasteiger partial charge in [0.15, 0.2) is 5.84 Å². The Hall–Kier alpha value is -2.79. The predicted molar refractivity (Wildman–Crippen MR) is 98.4 cm³/mol. The van der Waals surface area contributed by atoms with Gasteiger partial charge in [-0.1, -0.05) is 24.3 Å². The number of nitrogens with zero attached hydrogens (tertiary/aromatic N) is 3. The van der Waals surface area contributed by atoms with Crippen LogP contribution in [0.3, 0.4) is 0 Å². The first-order chi connectivity index (χ1) is 12.0. The Morgan fingerprint density at radius 1 is 1.40 bits per heavy atom. The summed E-state index contributed by atoms with van der Waals surface area (Å²) in [6.45, 7) is 1.56. The lowest BCUT2D eigenvalue weighted by Crippen LogP contribution is -2.44. The topological polar surface area (TPSA) is 103 Å². The molecule has 0 saturated carbocycles. The molecule has 25 heavy (non-hydrogen) atoms. The maximum Gasteiger partial charge on any atom is 0.271 e. The highest BCUT2D eigenvalue weighted by Crippen LogP contribution is 2.26. The first-order valence-electron chi connectivity index (χ1n) is 7.75. The number of aliphatic imine (C=N–C) groups is 1. The van der Waals surface area contributed by atoms with Crippen LogP contribution in [0.25, 0.3) is 0 Å². The number of allylic oxidation sites excluding steroid dienone is 4. The molecule has 2 atom stereocenters. The summed E-state index contributed by atoms with van der Waals surface area (Å²) in [6, 6.07) is 3.34. The van der Waals surface area contributed by atoms with Crippen molar-refractivity contribution in [2.75, 3.05) is 6.26 Å². The van der Waals surface area contributed by atoms with Gasteiger partial charge in [-0.2, -0.15) is 9.94 Å². The highest BCUT2D eigenvalue weighted by molar-refractivity contribution is 8.02. The predicted octanol–water partition coefficient (Wildman–Crippen LogP) is 1.25. The van der Waals surface area contributed by atoms with Crippen molar-refractivity contribution in [3.8, 4) is 6.07 Å². The molecule has 1 aromatic heterocycles. The van der Waals surface area contributed by atoms with Gasteiger partial charge in [0.2, 0.25) is 0 Å². The van der Waals surface area contributed by atoms with E-state index in [9.17, 15) is 14.9 Å². The van der Waals surface area contributed by atoms with Crippen LogP contribution < -0.4 is 16.4 Å². The van der Waals surface area contributed by atoms with Gasteiger partial charge in [-0.25, -0.2) is 4.99 Å². The van der Waals surface area contributed by atoms with Gasteiger partial charge >= 0.3 is 0 Å². The van der Waals surface area contributed by atoms with E-state index in [1.165, 1.54) is 17.8 Å². The summed E-state index contributed by atoms with van der Waals surface area (Å²) in [5, 5.41) is 16.0. The summed E-state index contributed by atoms with van der Waals surface area (Å²) in [6.07, 6.45) is 10.3. The van der Waals surface area contributed by atoms with E-state index < -0.39 is 5.56 Å². The van der Waals surface area contributed by atoms with Crippen LogP contribution in [-0.4, -0.2) is 28.0 Å². The van der Waals surface area contributed by atoms with Crippen LogP contribution in [0.5, 0.6) is 0 Å². The van der Waals surface area contributed by atoms with Crippen molar-refractivity contribution >= 4 is 17.6 Å². The number of aryl methyl sites for hydroxylation is 1. The molecular weight excluding hydrogens is 338 g/mol. The van der Waals surface area contributed by atoms with E-state index in [-0.39, 0.29) is 29.1 Å². The van der Waals surface area contributed by atoms with Gasteiger partial charge < -0.3 is 5.32 Å². The Labute approximate surface area is 148 Å². The number of hydrogen-bond donors (Lipinski definition) is 2. The number of nitriles is 1. The standard InChI is InChI=1S/C17H17N5O2S/c1-10-8-13(23)22(21-16(10)24)15-12(9-18)17(25-2)20-14(19-15)11-6-4-3-5-7-11/h3-6,8,11,14,20H,7H2,1-2H3,(H,21,24). The zero-order valence-electron chi connectivity index (χ0n) is 13.8. The average molecular weight is 355 g/mol. The molecule has 0 amide bonds. The number of hydrogen-bond acceptors (Lipinski definition) is 6. The van der Waals surface area contributed by atoms with Gasteiger partial charge in [-0.15, -0.1) is 11.8 Å². The summed E-state index contributed by atoms with van der Waals surface area (Å²) in [7, 11) is 0. The fourth-order valence-electron chi connectivity index (χ4n) is 2.72. The molecule has 2 N–H and O–H groups in total. The largest absolute Gasteiger partial charge is 0.357 e. The van der Waals surface area contributed by atoms with Gasteiger partial charge in [-0.3, -0.25) is 14.7 Å². The lowest BCUT2D eigenvalue weighted by Gasteiger charge is -2.29.